The smallest absolute Gasteiger partial charge is 0.323 e. The Hall–Kier alpha value is -2.12. The minimum absolute atomic E-state index is 0.0841. The Morgan fingerprint density at radius 2 is 1.79 bits per heavy atom. The summed E-state index contributed by atoms with van der Waals surface area (Å²) in [6, 6.07) is 8.63. The first-order valence-corrected chi connectivity index (χ1v) is 10.3. The van der Waals surface area contributed by atoms with Gasteiger partial charge in [0.2, 0.25) is 0 Å². The van der Waals surface area contributed by atoms with Crippen molar-refractivity contribution in [3.63, 3.8) is 0 Å². The SMILES string of the molecule is O=C(COC(=O)C1CC2(CC2)CN1)c1ccc2c(c1)C(F)(F)c1cc(Br)ccc1-2. The van der Waals surface area contributed by atoms with Gasteiger partial charge in [0.05, 0.1) is 0 Å². The van der Waals surface area contributed by atoms with Crippen LogP contribution in [0.3, 0.4) is 0 Å². The molecular weight excluding hydrogens is 444 g/mol. The predicted molar refractivity (Wildman–Crippen MR) is 106 cm³/mol. The summed E-state index contributed by atoms with van der Waals surface area (Å²) in [7, 11) is 0. The molecule has 1 N–H and O–H groups in total. The number of ether oxygens (including phenoxy) is 1. The second kappa shape index (κ2) is 6.44. The normalized spacial score (nSPS) is 22.2. The molecule has 1 heterocycles. The summed E-state index contributed by atoms with van der Waals surface area (Å²) in [4.78, 5) is 24.7. The van der Waals surface area contributed by atoms with Crippen molar-refractivity contribution in [2.75, 3.05) is 13.2 Å². The van der Waals surface area contributed by atoms with Crippen LogP contribution in [0.1, 0.15) is 40.7 Å². The van der Waals surface area contributed by atoms with E-state index < -0.39 is 24.3 Å². The average Bonchev–Trinajstić information content (AvgIpc) is 3.27. The van der Waals surface area contributed by atoms with Gasteiger partial charge in [0.25, 0.3) is 5.92 Å². The van der Waals surface area contributed by atoms with Gasteiger partial charge in [-0.1, -0.05) is 34.1 Å². The quantitative estimate of drug-likeness (QED) is 0.540. The van der Waals surface area contributed by atoms with Crippen LogP contribution in [0.4, 0.5) is 8.78 Å². The fourth-order valence-corrected chi connectivity index (χ4v) is 4.69. The van der Waals surface area contributed by atoms with Gasteiger partial charge in [-0.15, -0.1) is 0 Å². The molecule has 3 aliphatic rings. The van der Waals surface area contributed by atoms with Gasteiger partial charge in [0, 0.05) is 27.7 Å². The Labute approximate surface area is 174 Å². The number of ketones is 1. The molecule has 2 aromatic carbocycles. The van der Waals surface area contributed by atoms with Crippen LogP contribution in [-0.4, -0.2) is 30.9 Å². The number of benzene rings is 2. The number of halogens is 3. The summed E-state index contributed by atoms with van der Waals surface area (Å²) >= 11 is 3.23. The van der Waals surface area contributed by atoms with Crippen LogP contribution in [0.15, 0.2) is 40.9 Å². The lowest BCUT2D eigenvalue weighted by Gasteiger charge is -2.13. The van der Waals surface area contributed by atoms with Crippen molar-refractivity contribution in [1.82, 2.24) is 5.32 Å². The zero-order chi connectivity index (χ0) is 20.4. The maximum atomic E-state index is 14.9. The van der Waals surface area contributed by atoms with Gasteiger partial charge in [-0.25, -0.2) is 0 Å². The fourth-order valence-electron chi connectivity index (χ4n) is 4.33. The van der Waals surface area contributed by atoms with E-state index in [-0.39, 0.29) is 28.1 Å². The standard InChI is InChI=1S/C22H18BrF2NO3/c23-13-2-4-15-14-3-1-12(7-16(14)22(24,25)17(15)8-13)19(27)10-29-20(28)18-9-21(5-6-21)11-26-18/h1-4,7-8,18,26H,5-6,9-11H2. The number of alkyl halides is 2. The molecule has 1 unspecified atom stereocenters. The van der Waals surface area contributed by atoms with Crippen molar-refractivity contribution in [2.24, 2.45) is 5.41 Å². The third-order valence-corrected chi connectivity index (χ3v) is 6.73. The maximum Gasteiger partial charge on any atom is 0.323 e. The van der Waals surface area contributed by atoms with Gasteiger partial charge < -0.3 is 10.1 Å². The number of esters is 1. The number of nitrogens with one attached hydrogen (secondary N) is 1. The van der Waals surface area contributed by atoms with E-state index in [2.05, 4.69) is 21.2 Å². The Bertz CT molecular complexity index is 1050. The molecule has 0 aromatic heterocycles. The summed E-state index contributed by atoms with van der Waals surface area (Å²) < 4.78 is 35.6. The monoisotopic (exact) mass is 461 g/mol. The minimum atomic E-state index is -3.19. The topological polar surface area (TPSA) is 55.4 Å². The van der Waals surface area contributed by atoms with Crippen LogP contribution in [0.25, 0.3) is 11.1 Å². The van der Waals surface area contributed by atoms with Gasteiger partial charge in [0.1, 0.15) is 6.04 Å². The number of Topliss-reactive ketones (excluding diaryl/α,β-unsaturated/α-hetero) is 1. The van der Waals surface area contributed by atoms with Crippen molar-refractivity contribution in [2.45, 2.75) is 31.2 Å². The van der Waals surface area contributed by atoms with Crippen molar-refractivity contribution in [3.05, 3.63) is 57.6 Å². The van der Waals surface area contributed by atoms with Crippen LogP contribution in [0.5, 0.6) is 0 Å². The molecule has 2 aliphatic carbocycles. The third-order valence-electron chi connectivity index (χ3n) is 6.24. The number of fused-ring (bicyclic) bond motifs is 3. The highest BCUT2D eigenvalue weighted by molar-refractivity contribution is 9.10. The Balaban J connectivity index is 1.31. The molecule has 5 rings (SSSR count). The second-order valence-electron chi connectivity index (χ2n) is 8.19. The van der Waals surface area contributed by atoms with E-state index in [1.807, 2.05) is 0 Å². The van der Waals surface area contributed by atoms with Gasteiger partial charge in [0.15, 0.2) is 12.4 Å². The lowest BCUT2D eigenvalue weighted by molar-refractivity contribution is -0.144. The van der Waals surface area contributed by atoms with Crippen LogP contribution >= 0.6 is 15.9 Å². The molecule has 1 saturated carbocycles. The molecule has 4 nitrogen and oxygen atoms in total. The maximum absolute atomic E-state index is 14.9. The molecule has 1 saturated heterocycles. The van der Waals surface area contributed by atoms with Crippen molar-refractivity contribution < 1.29 is 23.1 Å². The molecule has 1 spiro atoms. The highest BCUT2D eigenvalue weighted by Gasteiger charge is 2.50. The fraction of sp³-hybridized carbons (Fsp3) is 0.364. The summed E-state index contributed by atoms with van der Waals surface area (Å²) in [6.45, 7) is 0.351. The van der Waals surface area contributed by atoms with Crippen LogP contribution in [0.2, 0.25) is 0 Å². The van der Waals surface area contributed by atoms with E-state index in [4.69, 9.17) is 4.74 Å². The second-order valence-corrected chi connectivity index (χ2v) is 9.11. The number of carbonyl (C=O) groups excluding carboxylic acids is 2. The average molecular weight is 462 g/mol. The molecule has 0 amide bonds. The first-order chi connectivity index (χ1) is 13.8. The van der Waals surface area contributed by atoms with Crippen LogP contribution in [-0.2, 0) is 15.5 Å². The van der Waals surface area contributed by atoms with Gasteiger partial charge >= 0.3 is 5.97 Å². The Morgan fingerprint density at radius 1 is 1.10 bits per heavy atom. The molecule has 1 atom stereocenters. The number of carbonyl (C=O) groups is 2. The summed E-state index contributed by atoms with van der Waals surface area (Å²) in [6.07, 6.45) is 2.97. The highest BCUT2D eigenvalue weighted by atomic mass is 79.9. The molecule has 0 bridgehead atoms. The summed E-state index contributed by atoms with van der Waals surface area (Å²) in [5.41, 5.74) is 0.940. The zero-order valence-electron chi connectivity index (χ0n) is 15.4. The Morgan fingerprint density at radius 3 is 2.48 bits per heavy atom. The molecule has 29 heavy (non-hydrogen) atoms. The summed E-state index contributed by atoms with van der Waals surface area (Å²) in [5.74, 6) is -4.13. The van der Waals surface area contributed by atoms with Gasteiger partial charge in [-0.2, -0.15) is 8.78 Å². The van der Waals surface area contributed by atoms with Crippen LogP contribution < -0.4 is 5.32 Å². The number of hydrogen-bond donors (Lipinski definition) is 1. The van der Waals surface area contributed by atoms with E-state index in [1.54, 1.807) is 12.1 Å². The molecule has 2 fully saturated rings. The van der Waals surface area contributed by atoms with Gasteiger partial charge in [-0.3, -0.25) is 9.59 Å². The van der Waals surface area contributed by atoms with E-state index >= 15 is 0 Å². The summed E-state index contributed by atoms with van der Waals surface area (Å²) in [5, 5.41) is 3.14. The van der Waals surface area contributed by atoms with E-state index in [0.29, 0.717) is 15.6 Å². The first-order valence-electron chi connectivity index (χ1n) is 9.55. The predicted octanol–water partition coefficient (Wildman–Crippen LogP) is 4.44. The van der Waals surface area contributed by atoms with Crippen molar-refractivity contribution in [3.8, 4) is 11.1 Å². The number of hydrogen-bond acceptors (Lipinski definition) is 4. The molecule has 7 heteroatoms. The van der Waals surface area contributed by atoms with E-state index in [9.17, 15) is 18.4 Å². The van der Waals surface area contributed by atoms with Gasteiger partial charge in [-0.05, 0) is 54.0 Å². The zero-order valence-corrected chi connectivity index (χ0v) is 17.0. The third kappa shape index (κ3) is 3.11. The lowest BCUT2D eigenvalue weighted by atomic mass is 10.0. The lowest BCUT2D eigenvalue weighted by Crippen LogP contribution is -2.33. The molecule has 1 aliphatic heterocycles. The molecular formula is C22H18BrF2NO3. The molecule has 150 valence electrons. The largest absolute Gasteiger partial charge is 0.456 e. The van der Waals surface area contributed by atoms with Crippen LogP contribution in [0, 0.1) is 5.41 Å². The number of rotatable bonds is 4. The van der Waals surface area contributed by atoms with E-state index in [0.717, 1.165) is 25.8 Å². The van der Waals surface area contributed by atoms with Crippen molar-refractivity contribution in [1.29, 1.82) is 0 Å². The Kier molecular flexibility index (Phi) is 4.19. The van der Waals surface area contributed by atoms with E-state index in [1.165, 1.54) is 24.3 Å². The molecule has 2 aromatic rings. The van der Waals surface area contributed by atoms with Crippen molar-refractivity contribution >= 4 is 27.7 Å². The minimum Gasteiger partial charge on any atom is -0.456 e. The highest BCUT2D eigenvalue weighted by Crippen LogP contribution is 2.52. The molecule has 0 radical (unpaired) electrons. The first kappa shape index (κ1) is 18.9.